The predicted octanol–water partition coefficient (Wildman–Crippen LogP) is 3.52. The first-order chi connectivity index (χ1) is 10.8. The molecule has 126 valence electrons. The van der Waals surface area contributed by atoms with Gasteiger partial charge in [0.05, 0.1) is 6.54 Å². The van der Waals surface area contributed by atoms with Gasteiger partial charge in [0.25, 0.3) is 0 Å². The van der Waals surface area contributed by atoms with Crippen LogP contribution in [0, 0.1) is 5.92 Å². The summed E-state index contributed by atoms with van der Waals surface area (Å²) in [5.41, 5.74) is 0. The molecule has 1 aliphatic rings. The van der Waals surface area contributed by atoms with Crippen LogP contribution in [0.3, 0.4) is 0 Å². The molecule has 1 unspecified atom stereocenters. The fourth-order valence-electron chi connectivity index (χ4n) is 2.34. The minimum absolute atomic E-state index is 0. The summed E-state index contributed by atoms with van der Waals surface area (Å²) in [6.07, 6.45) is 2.09. The van der Waals surface area contributed by atoms with Crippen LogP contribution >= 0.6 is 35.3 Å². The summed E-state index contributed by atoms with van der Waals surface area (Å²) in [7, 11) is 0. The molecule has 0 radical (unpaired) electrons. The Hall–Kier alpha value is -0.860. The van der Waals surface area contributed by atoms with Gasteiger partial charge in [0.15, 0.2) is 5.96 Å². The summed E-state index contributed by atoms with van der Waals surface area (Å²) < 4.78 is 1.21. The smallest absolute Gasteiger partial charge is 0.191 e. The topological polar surface area (TPSA) is 56.7 Å². The Morgan fingerprint density at radius 2 is 2.13 bits per heavy atom. The molecule has 1 aromatic heterocycles. The minimum Gasteiger partial charge on any atom is -0.386 e. The molecule has 4 nitrogen and oxygen atoms in total. The van der Waals surface area contributed by atoms with E-state index in [0.29, 0.717) is 6.54 Å². The van der Waals surface area contributed by atoms with E-state index in [9.17, 15) is 5.11 Å². The van der Waals surface area contributed by atoms with Crippen molar-refractivity contribution in [1.82, 2.24) is 10.6 Å². The van der Waals surface area contributed by atoms with E-state index < -0.39 is 6.10 Å². The van der Waals surface area contributed by atoms with E-state index >= 15 is 0 Å². The highest BCUT2D eigenvalue weighted by atomic mass is 127. The number of nitrogens with one attached hydrogen (secondary N) is 2. The van der Waals surface area contributed by atoms with Gasteiger partial charge in [-0.2, -0.15) is 0 Å². The fourth-order valence-corrected chi connectivity index (χ4v) is 3.38. The molecule has 0 amide bonds. The van der Waals surface area contributed by atoms with Crippen molar-refractivity contribution >= 4 is 51.4 Å². The van der Waals surface area contributed by atoms with E-state index in [0.717, 1.165) is 29.8 Å². The Balaban J connectivity index is 0.00000192. The van der Waals surface area contributed by atoms with Crippen LogP contribution in [0.15, 0.2) is 35.3 Å². The summed E-state index contributed by atoms with van der Waals surface area (Å²) >= 11 is 1.64. The molecule has 0 bridgehead atoms. The molecule has 1 heterocycles. The fraction of sp³-hybridized carbons (Fsp3) is 0.471. The van der Waals surface area contributed by atoms with E-state index in [1.54, 1.807) is 11.3 Å². The molecule has 3 rings (SSSR count). The lowest BCUT2D eigenvalue weighted by Gasteiger charge is -2.12. The zero-order valence-electron chi connectivity index (χ0n) is 13.3. The number of guanidine groups is 1. The van der Waals surface area contributed by atoms with E-state index in [-0.39, 0.29) is 24.0 Å². The lowest BCUT2D eigenvalue weighted by atomic mass is 10.2. The minimum atomic E-state index is -0.547. The standard InChI is InChI=1S/C17H23N3OS.HI/c1-2-18-17(19-10-12-7-8-12)20-11-14(21)16-9-13-5-3-4-6-15(13)22-16;/h3-6,9,12,14,21H,2,7-8,10-11H2,1H3,(H2,18,19,20);1H. The number of rotatable bonds is 6. The molecule has 0 spiro atoms. The summed E-state index contributed by atoms with van der Waals surface area (Å²) in [5.74, 6) is 1.60. The van der Waals surface area contributed by atoms with Crippen LogP contribution in [0.5, 0.6) is 0 Å². The maximum absolute atomic E-state index is 10.4. The van der Waals surface area contributed by atoms with Crippen molar-refractivity contribution in [3.63, 3.8) is 0 Å². The zero-order valence-corrected chi connectivity index (χ0v) is 16.4. The summed E-state index contributed by atoms with van der Waals surface area (Å²) in [6.45, 7) is 4.24. The summed E-state index contributed by atoms with van der Waals surface area (Å²) in [6, 6.07) is 10.3. The van der Waals surface area contributed by atoms with E-state index in [1.807, 2.05) is 12.1 Å². The van der Waals surface area contributed by atoms with Crippen molar-refractivity contribution in [2.45, 2.75) is 25.9 Å². The van der Waals surface area contributed by atoms with Crippen LogP contribution in [0.2, 0.25) is 0 Å². The Morgan fingerprint density at radius 1 is 1.35 bits per heavy atom. The monoisotopic (exact) mass is 445 g/mol. The molecular formula is C17H24IN3OS. The number of aliphatic hydroxyl groups is 1. The predicted molar refractivity (Wildman–Crippen MR) is 109 cm³/mol. The lowest BCUT2D eigenvalue weighted by molar-refractivity contribution is 0.191. The van der Waals surface area contributed by atoms with Crippen LogP contribution in [0.25, 0.3) is 10.1 Å². The maximum atomic E-state index is 10.4. The van der Waals surface area contributed by atoms with Crippen molar-refractivity contribution in [2.75, 3.05) is 19.6 Å². The van der Waals surface area contributed by atoms with Crippen molar-refractivity contribution < 1.29 is 5.11 Å². The van der Waals surface area contributed by atoms with Gasteiger partial charge in [-0.05, 0) is 43.2 Å². The first kappa shape index (κ1) is 18.5. The molecule has 3 N–H and O–H groups in total. The highest BCUT2D eigenvalue weighted by molar-refractivity contribution is 14.0. The molecule has 0 saturated heterocycles. The molecule has 1 aromatic carbocycles. The van der Waals surface area contributed by atoms with Crippen LogP contribution < -0.4 is 10.6 Å². The van der Waals surface area contributed by atoms with Gasteiger partial charge in [0.2, 0.25) is 0 Å². The summed E-state index contributed by atoms with van der Waals surface area (Å²) in [5, 5.41) is 18.1. The van der Waals surface area contributed by atoms with Crippen LogP contribution in [0.4, 0.5) is 0 Å². The molecule has 1 fully saturated rings. The SMILES string of the molecule is CCNC(=NCC(O)c1cc2ccccc2s1)NCC1CC1.I. The average Bonchev–Trinajstić information content (AvgIpc) is 3.26. The van der Waals surface area contributed by atoms with Gasteiger partial charge in [0.1, 0.15) is 6.10 Å². The van der Waals surface area contributed by atoms with Gasteiger partial charge >= 0.3 is 0 Å². The third-order valence-electron chi connectivity index (χ3n) is 3.79. The second kappa shape index (κ2) is 8.84. The number of aliphatic hydroxyl groups excluding tert-OH is 1. The molecule has 1 atom stereocenters. The Kier molecular flexibility index (Phi) is 7.10. The van der Waals surface area contributed by atoms with Crippen LogP contribution in [-0.2, 0) is 0 Å². The van der Waals surface area contributed by atoms with Crippen LogP contribution in [0.1, 0.15) is 30.7 Å². The highest BCUT2D eigenvalue weighted by Crippen LogP contribution is 2.30. The first-order valence-electron chi connectivity index (χ1n) is 7.95. The zero-order chi connectivity index (χ0) is 15.4. The van der Waals surface area contributed by atoms with Gasteiger partial charge in [-0.3, -0.25) is 4.99 Å². The molecule has 1 aliphatic carbocycles. The number of thiophene rings is 1. The lowest BCUT2D eigenvalue weighted by Crippen LogP contribution is -2.38. The number of benzene rings is 1. The number of fused-ring (bicyclic) bond motifs is 1. The molecule has 1 saturated carbocycles. The second-order valence-corrected chi connectivity index (χ2v) is 6.86. The average molecular weight is 445 g/mol. The number of hydrogen-bond donors (Lipinski definition) is 3. The molecule has 2 aromatic rings. The number of hydrogen-bond acceptors (Lipinski definition) is 3. The number of aliphatic imine (C=N–C) groups is 1. The third kappa shape index (κ3) is 5.32. The highest BCUT2D eigenvalue weighted by Gasteiger charge is 2.21. The number of nitrogens with zero attached hydrogens (tertiary/aromatic N) is 1. The number of halogens is 1. The Morgan fingerprint density at radius 3 is 2.83 bits per heavy atom. The Labute approximate surface area is 158 Å². The van der Waals surface area contributed by atoms with Gasteiger partial charge in [-0.15, -0.1) is 35.3 Å². The van der Waals surface area contributed by atoms with Gasteiger partial charge in [-0.1, -0.05) is 18.2 Å². The third-order valence-corrected chi connectivity index (χ3v) is 5.01. The van der Waals surface area contributed by atoms with E-state index in [1.165, 1.54) is 22.9 Å². The maximum Gasteiger partial charge on any atom is 0.191 e. The van der Waals surface area contributed by atoms with Crippen molar-refractivity contribution in [1.29, 1.82) is 0 Å². The van der Waals surface area contributed by atoms with Crippen molar-refractivity contribution in [3.8, 4) is 0 Å². The molecule has 6 heteroatoms. The van der Waals surface area contributed by atoms with Gasteiger partial charge in [-0.25, -0.2) is 0 Å². The van der Waals surface area contributed by atoms with E-state index in [4.69, 9.17) is 0 Å². The summed E-state index contributed by atoms with van der Waals surface area (Å²) in [4.78, 5) is 5.49. The molecule has 23 heavy (non-hydrogen) atoms. The normalized spacial score (nSPS) is 16.0. The van der Waals surface area contributed by atoms with Crippen molar-refractivity contribution in [2.24, 2.45) is 10.9 Å². The van der Waals surface area contributed by atoms with Gasteiger partial charge in [0, 0.05) is 22.7 Å². The molecule has 0 aliphatic heterocycles. The molecular weight excluding hydrogens is 421 g/mol. The Bertz CT molecular complexity index is 621. The first-order valence-corrected chi connectivity index (χ1v) is 8.76. The van der Waals surface area contributed by atoms with E-state index in [2.05, 4.69) is 40.7 Å². The quantitative estimate of drug-likeness (QED) is 0.363. The second-order valence-electron chi connectivity index (χ2n) is 5.75. The van der Waals surface area contributed by atoms with Gasteiger partial charge < -0.3 is 15.7 Å². The van der Waals surface area contributed by atoms with Crippen LogP contribution in [-0.4, -0.2) is 30.7 Å². The largest absolute Gasteiger partial charge is 0.386 e. The van der Waals surface area contributed by atoms with Crippen molar-refractivity contribution in [3.05, 3.63) is 35.2 Å².